The van der Waals surface area contributed by atoms with Crippen molar-refractivity contribution in [2.45, 2.75) is 6.92 Å². The molecule has 22 heavy (non-hydrogen) atoms. The van der Waals surface area contributed by atoms with Crippen LogP contribution in [0, 0.1) is 0 Å². The monoisotopic (exact) mass is 311 g/mol. The molecule has 3 nitrogen and oxygen atoms in total. The second-order valence-corrected chi connectivity index (χ2v) is 5.46. The highest BCUT2D eigenvalue weighted by Crippen LogP contribution is 2.32. The van der Waals surface area contributed by atoms with Crippen molar-refractivity contribution in [2.75, 3.05) is 0 Å². The van der Waals surface area contributed by atoms with Crippen molar-refractivity contribution >= 4 is 34.5 Å². The lowest BCUT2D eigenvalue weighted by molar-refractivity contribution is -0.132. The van der Waals surface area contributed by atoms with Gasteiger partial charge in [-0.3, -0.25) is 0 Å². The minimum atomic E-state index is -0.937. The highest BCUT2D eigenvalue weighted by atomic mass is 35.5. The van der Waals surface area contributed by atoms with Gasteiger partial charge in [0.25, 0.3) is 0 Å². The molecule has 0 atom stereocenters. The maximum Gasteiger partial charge on any atom is 0.331 e. The summed E-state index contributed by atoms with van der Waals surface area (Å²) >= 11 is 6.34. The Morgan fingerprint density at radius 1 is 1.14 bits per heavy atom. The summed E-state index contributed by atoms with van der Waals surface area (Å²) in [5.41, 5.74) is 3.02. The lowest BCUT2D eigenvalue weighted by Gasteiger charge is -2.04. The van der Waals surface area contributed by atoms with Gasteiger partial charge >= 0.3 is 5.97 Å². The van der Waals surface area contributed by atoms with Gasteiger partial charge in [0.05, 0.1) is 10.5 Å². The van der Waals surface area contributed by atoms with E-state index in [1.54, 1.807) is 13.0 Å². The number of hydrogen-bond donors (Lipinski definition) is 1. The number of para-hydroxylation sites is 1. The van der Waals surface area contributed by atoms with Crippen molar-refractivity contribution in [3.8, 4) is 5.69 Å². The van der Waals surface area contributed by atoms with Crippen molar-refractivity contribution in [1.29, 1.82) is 0 Å². The van der Waals surface area contributed by atoms with Gasteiger partial charge < -0.3 is 9.67 Å². The summed E-state index contributed by atoms with van der Waals surface area (Å²) in [6.45, 7) is 1.57. The average molecular weight is 312 g/mol. The smallest absolute Gasteiger partial charge is 0.331 e. The molecule has 0 aliphatic rings. The third-order valence-electron chi connectivity index (χ3n) is 3.55. The number of carboxylic acid groups (broad SMARTS) is 1. The summed E-state index contributed by atoms with van der Waals surface area (Å²) < 4.78 is 2.02. The molecular formula is C18H14ClNO2. The van der Waals surface area contributed by atoms with Crippen molar-refractivity contribution in [1.82, 2.24) is 4.57 Å². The predicted octanol–water partition coefficient (Wildman–Crippen LogP) is 4.77. The van der Waals surface area contributed by atoms with Crippen LogP contribution in [0.1, 0.15) is 12.5 Å². The van der Waals surface area contributed by atoms with Crippen LogP contribution in [0.2, 0.25) is 5.02 Å². The molecule has 1 heterocycles. The van der Waals surface area contributed by atoms with E-state index in [2.05, 4.69) is 0 Å². The Labute approximate surface area is 133 Å². The molecule has 0 saturated heterocycles. The Kier molecular flexibility index (Phi) is 3.73. The van der Waals surface area contributed by atoms with Crippen LogP contribution in [-0.2, 0) is 4.79 Å². The van der Waals surface area contributed by atoms with E-state index in [0.29, 0.717) is 5.02 Å². The number of halogens is 1. The number of rotatable bonds is 3. The molecule has 0 radical (unpaired) electrons. The van der Waals surface area contributed by atoms with Gasteiger partial charge in [-0.15, -0.1) is 0 Å². The summed E-state index contributed by atoms with van der Waals surface area (Å²) in [7, 11) is 0. The summed E-state index contributed by atoms with van der Waals surface area (Å²) in [6, 6.07) is 15.6. The average Bonchev–Trinajstić information content (AvgIpc) is 2.88. The van der Waals surface area contributed by atoms with Gasteiger partial charge in [-0.05, 0) is 37.3 Å². The van der Waals surface area contributed by atoms with E-state index < -0.39 is 5.97 Å². The SMILES string of the molecule is C/C(=C\c1cn(-c2ccccc2)c2cccc(Cl)c12)C(=O)O. The second kappa shape index (κ2) is 5.70. The lowest BCUT2D eigenvalue weighted by Crippen LogP contribution is -1.95. The zero-order chi connectivity index (χ0) is 15.7. The molecule has 1 aromatic heterocycles. The number of hydrogen-bond acceptors (Lipinski definition) is 1. The molecule has 1 N–H and O–H groups in total. The number of benzene rings is 2. The Hall–Kier alpha value is -2.52. The second-order valence-electron chi connectivity index (χ2n) is 5.06. The number of carbonyl (C=O) groups is 1. The Bertz CT molecular complexity index is 879. The largest absolute Gasteiger partial charge is 0.478 e. The van der Waals surface area contributed by atoms with Crippen LogP contribution in [0.25, 0.3) is 22.7 Å². The highest BCUT2D eigenvalue weighted by molar-refractivity contribution is 6.36. The Morgan fingerprint density at radius 3 is 2.55 bits per heavy atom. The van der Waals surface area contributed by atoms with E-state index in [-0.39, 0.29) is 5.57 Å². The van der Waals surface area contributed by atoms with Crippen LogP contribution in [0.4, 0.5) is 0 Å². The van der Waals surface area contributed by atoms with Gasteiger partial charge in [-0.2, -0.15) is 0 Å². The van der Waals surface area contributed by atoms with Crippen molar-refractivity contribution in [3.63, 3.8) is 0 Å². The number of carboxylic acids is 1. The van der Waals surface area contributed by atoms with Crippen LogP contribution < -0.4 is 0 Å². The third-order valence-corrected chi connectivity index (χ3v) is 3.87. The van der Waals surface area contributed by atoms with Crippen LogP contribution >= 0.6 is 11.6 Å². The molecule has 110 valence electrons. The molecule has 0 saturated carbocycles. The fourth-order valence-corrected chi connectivity index (χ4v) is 2.76. The highest BCUT2D eigenvalue weighted by Gasteiger charge is 2.12. The predicted molar refractivity (Wildman–Crippen MR) is 89.6 cm³/mol. The molecule has 0 fully saturated rings. The molecule has 0 aliphatic heterocycles. The van der Waals surface area contributed by atoms with Crippen molar-refractivity contribution < 1.29 is 9.90 Å². The number of aromatic nitrogens is 1. The minimum Gasteiger partial charge on any atom is -0.478 e. The third kappa shape index (κ3) is 2.51. The van der Waals surface area contributed by atoms with E-state index in [9.17, 15) is 4.79 Å². The van der Waals surface area contributed by atoms with Crippen LogP contribution in [0.3, 0.4) is 0 Å². The van der Waals surface area contributed by atoms with Gasteiger partial charge in [-0.1, -0.05) is 35.9 Å². The standard InChI is InChI=1S/C18H14ClNO2/c1-12(18(21)22)10-13-11-20(14-6-3-2-4-7-14)16-9-5-8-15(19)17(13)16/h2-11H,1H3,(H,21,22)/b12-10+. The van der Waals surface area contributed by atoms with E-state index in [4.69, 9.17) is 16.7 Å². The lowest BCUT2D eigenvalue weighted by atomic mass is 10.1. The molecule has 0 spiro atoms. The zero-order valence-electron chi connectivity index (χ0n) is 12.0. The van der Waals surface area contributed by atoms with E-state index in [1.807, 2.05) is 59.3 Å². The topological polar surface area (TPSA) is 42.2 Å². The Morgan fingerprint density at radius 2 is 1.86 bits per heavy atom. The first-order valence-corrected chi connectivity index (χ1v) is 7.22. The van der Waals surface area contributed by atoms with Gasteiger partial charge in [0, 0.05) is 28.4 Å². The fraction of sp³-hybridized carbons (Fsp3) is 0.0556. The summed E-state index contributed by atoms with van der Waals surface area (Å²) in [5, 5.41) is 10.6. The summed E-state index contributed by atoms with van der Waals surface area (Å²) in [5.74, 6) is -0.937. The van der Waals surface area contributed by atoms with Crippen molar-refractivity contribution in [3.05, 3.63) is 70.9 Å². The molecule has 3 aromatic rings. The molecule has 0 bridgehead atoms. The maximum atomic E-state index is 11.1. The molecule has 3 rings (SSSR count). The first-order valence-electron chi connectivity index (χ1n) is 6.84. The molecular weight excluding hydrogens is 298 g/mol. The molecule has 0 amide bonds. The van der Waals surface area contributed by atoms with Crippen LogP contribution in [0.15, 0.2) is 60.3 Å². The molecule has 2 aromatic carbocycles. The van der Waals surface area contributed by atoms with E-state index in [0.717, 1.165) is 22.2 Å². The molecule has 0 unspecified atom stereocenters. The van der Waals surface area contributed by atoms with Crippen LogP contribution in [-0.4, -0.2) is 15.6 Å². The van der Waals surface area contributed by atoms with Gasteiger partial charge in [0.15, 0.2) is 0 Å². The van der Waals surface area contributed by atoms with Crippen molar-refractivity contribution in [2.24, 2.45) is 0 Å². The number of aliphatic carboxylic acids is 1. The first-order chi connectivity index (χ1) is 10.6. The van der Waals surface area contributed by atoms with Gasteiger partial charge in [0.1, 0.15) is 0 Å². The fourth-order valence-electron chi connectivity index (χ4n) is 2.48. The normalized spacial score (nSPS) is 11.8. The van der Waals surface area contributed by atoms with Crippen LogP contribution in [0.5, 0.6) is 0 Å². The summed E-state index contributed by atoms with van der Waals surface area (Å²) in [4.78, 5) is 11.1. The first kappa shape index (κ1) is 14.4. The van der Waals surface area contributed by atoms with Gasteiger partial charge in [0.2, 0.25) is 0 Å². The van der Waals surface area contributed by atoms with E-state index in [1.165, 1.54) is 0 Å². The number of fused-ring (bicyclic) bond motifs is 1. The zero-order valence-corrected chi connectivity index (χ0v) is 12.7. The Balaban J connectivity index is 2.31. The van der Waals surface area contributed by atoms with Gasteiger partial charge in [-0.25, -0.2) is 4.79 Å². The quantitative estimate of drug-likeness (QED) is 0.708. The number of nitrogens with zero attached hydrogens (tertiary/aromatic N) is 1. The minimum absolute atomic E-state index is 0.270. The van der Waals surface area contributed by atoms with E-state index >= 15 is 0 Å². The molecule has 0 aliphatic carbocycles. The maximum absolute atomic E-state index is 11.1. The summed E-state index contributed by atoms with van der Waals surface area (Å²) in [6.07, 6.45) is 3.56. The molecule has 4 heteroatoms.